The van der Waals surface area contributed by atoms with E-state index in [1.165, 1.54) is 0 Å². The normalized spacial score (nSPS) is 15.1. The predicted octanol–water partition coefficient (Wildman–Crippen LogP) is 1.84. The van der Waals surface area contributed by atoms with Crippen LogP contribution in [0, 0.1) is 23.8 Å². The topological polar surface area (TPSA) is 28.1 Å². The van der Waals surface area contributed by atoms with E-state index in [0.29, 0.717) is 6.42 Å². The van der Waals surface area contributed by atoms with Crippen molar-refractivity contribution in [2.75, 3.05) is 0 Å². The van der Waals surface area contributed by atoms with Gasteiger partial charge in [0.25, 0.3) is 0 Å². The Balaban J connectivity index is 3.53. The molecule has 0 radical (unpaired) electrons. The molecule has 9 heavy (non-hydrogen) atoms. The van der Waals surface area contributed by atoms with Gasteiger partial charge in [-0.2, -0.15) is 5.26 Å². The Morgan fingerprint density at radius 1 is 1.67 bits per heavy atom. The molecule has 0 saturated heterocycles. The molecule has 2 heteroatoms. The zero-order valence-corrected chi connectivity index (χ0v) is 5.76. The molecule has 0 fully saturated rings. The molecule has 0 heterocycles. The van der Waals surface area contributed by atoms with Crippen molar-refractivity contribution in [2.45, 2.75) is 26.3 Å². The van der Waals surface area contributed by atoms with Gasteiger partial charge in [0.05, 0.1) is 12.0 Å². The van der Waals surface area contributed by atoms with Crippen LogP contribution in [0.4, 0.5) is 0 Å². The summed E-state index contributed by atoms with van der Waals surface area (Å²) in [6, 6.07) is 2.09. The van der Waals surface area contributed by atoms with E-state index in [1.54, 1.807) is 0 Å². The second-order valence-electron chi connectivity index (χ2n) is 2.24. The van der Waals surface area contributed by atoms with Crippen LogP contribution in [0.2, 0.25) is 0 Å². The third kappa shape index (κ3) is 3.55. The molecular weight excluding hydrogens is 112 g/mol. The average Bonchev–Trinajstić information content (AvgIpc) is 1.87. The molecule has 0 aromatic carbocycles. The number of hydrogen-bond donors (Lipinski definition) is 0. The van der Waals surface area contributed by atoms with E-state index in [9.17, 15) is 0 Å². The maximum atomic E-state index is 8.33. The highest BCUT2D eigenvalue weighted by atomic mass is 14.7. The van der Waals surface area contributed by atoms with Crippen LogP contribution in [0.1, 0.15) is 20.3 Å². The van der Waals surface area contributed by atoms with Gasteiger partial charge >= 0.3 is 0 Å². The molecule has 0 aliphatic rings. The lowest BCUT2D eigenvalue weighted by molar-refractivity contribution is 0.618. The lowest BCUT2D eigenvalue weighted by Crippen LogP contribution is -2.01. The molecule has 0 amide bonds. The Kier molecular flexibility index (Phi) is 3.48. The molecule has 0 N–H and O–H groups in total. The monoisotopic (exact) mass is 122 g/mol. The Morgan fingerprint density at radius 2 is 2.22 bits per heavy atom. The molecule has 0 aromatic rings. The van der Waals surface area contributed by atoms with Gasteiger partial charge in [-0.15, -0.1) is 0 Å². The summed E-state index contributed by atoms with van der Waals surface area (Å²) in [7, 11) is 0. The van der Waals surface area contributed by atoms with Gasteiger partial charge in [-0.05, 0) is 6.92 Å². The van der Waals surface area contributed by atoms with Crippen LogP contribution >= 0.6 is 0 Å². The predicted molar refractivity (Wildman–Crippen MR) is 35.5 cm³/mol. The van der Waals surface area contributed by atoms with Crippen molar-refractivity contribution in [1.29, 1.82) is 5.26 Å². The molecule has 0 saturated carbocycles. The van der Waals surface area contributed by atoms with Gasteiger partial charge in [0, 0.05) is 13.3 Å². The highest BCUT2D eigenvalue weighted by molar-refractivity contribution is 4.85. The van der Waals surface area contributed by atoms with E-state index in [1.807, 2.05) is 13.8 Å². The molecular formula is C7H10N2. The van der Waals surface area contributed by atoms with Gasteiger partial charge in [0.15, 0.2) is 0 Å². The summed E-state index contributed by atoms with van der Waals surface area (Å²) in [5.41, 5.74) is 0. The second kappa shape index (κ2) is 3.92. The molecule has 0 aromatic heterocycles. The molecule has 0 aliphatic carbocycles. The molecule has 2 unspecified atom stereocenters. The molecule has 0 rings (SSSR count). The standard InChI is InChI=1S/C7H10N2/c1-6(5-8)4-7(2)9-3/h6-7H,4H2,1-2H3. The largest absolute Gasteiger partial charge is 0.314 e. The van der Waals surface area contributed by atoms with E-state index in [-0.39, 0.29) is 12.0 Å². The summed E-state index contributed by atoms with van der Waals surface area (Å²) >= 11 is 0. The van der Waals surface area contributed by atoms with Crippen LogP contribution in [0.15, 0.2) is 0 Å². The van der Waals surface area contributed by atoms with E-state index in [0.717, 1.165) is 0 Å². The summed E-state index contributed by atoms with van der Waals surface area (Å²) < 4.78 is 0. The summed E-state index contributed by atoms with van der Waals surface area (Å²) in [6.45, 7) is 10.3. The fourth-order valence-electron chi connectivity index (χ4n) is 0.617. The van der Waals surface area contributed by atoms with E-state index < -0.39 is 0 Å². The minimum atomic E-state index is -0.000324. The quantitative estimate of drug-likeness (QED) is 0.513. The zero-order valence-electron chi connectivity index (χ0n) is 5.76. The number of rotatable bonds is 2. The Hall–Kier alpha value is -1.02. The SMILES string of the molecule is [C-]#[N+]C(C)CC(C)C#N. The summed E-state index contributed by atoms with van der Waals surface area (Å²) in [5.74, 6) is 0.0223. The first-order valence-corrected chi connectivity index (χ1v) is 2.97. The number of hydrogen-bond acceptors (Lipinski definition) is 1. The lowest BCUT2D eigenvalue weighted by Gasteiger charge is -1.98. The maximum absolute atomic E-state index is 8.33. The molecule has 0 bridgehead atoms. The van der Waals surface area contributed by atoms with Crippen LogP contribution in [0.25, 0.3) is 4.85 Å². The number of nitriles is 1. The highest BCUT2D eigenvalue weighted by Crippen LogP contribution is 2.06. The first-order chi connectivity index (χ1) is 4.20. The van der Waals surface area contributed by atoms with Crippen LogP contribution < -0.4 is 0 Å². The minimum Gasteiger partial charge on any atom is -0.314 e. The fraction of sp³-hybridized carbons (Fsp3) is 0.714. The summed E-state index contributed by atoms with van der Waals surface area (Å²) in [5, 5.41) is 8.33. The Labute approximate surface area is 55.9 Å². The van der Waals surface area contributed by atoms with Gasteiger partial charge < -0.3 is 4.85 Å². The molecule has 0 aliphatic heterocycles. The summed E-state index contributed by atoms with van der Waals surface area (Å²) in [4.78, 5) is 3.28. The van der Waals surface area contributed by atoms with Crippen molar-refractivity contribution >= 4 is 0 Å². The van der Waals surface area contributed by atoms with E-state index >= 15 is 0 Å². The van der Waals surface area contributed by atoms with Crippen LogP contribution in [-0.2, 0) is 0 Å². The lowest BCUT2D eigenvalue weighted by atomic mass is 10.1. The van der Waals surface area contributed by atoms with Crippen LogP contribution in [0.3, 0.4) is 0 Å². The van der Waals surface area contributed by atoms with Crippen molar-refractivity contribution in [2.24, 2.45) is 5.92 Å². The van der Waals surface area contributed by atoms with Crippen molar-refractivity contribution in [1.82, 2.24) is 0 Å². The van der Waals surface area contributed by atoms with Crippen molar-refractivity contribution in [3.8, 4) is 6.07 Å². The smallest absolute Gasteiger partial charge is 0.222 e. The van der Waals surface area contributed by atoms with Gasteiger partial charge in [-0.1, -0.05) is 0 Å². The maximum Gasteiger partial charge on any atom is 0.222 e. The van der Waals surface area contributed by atoms with Crippen molar-refractivity contribution in [3.05, 3.63) is 11.4 Å². The molecule has 2 atom stereocenters. The molecule has 2 nitrogen and oxygen atoms in total. The number of nitrogens with zero attached hydrogens (tertiary/aromatic N) is 2. The Bertz CT molecular complexity index is 131. The van der Waals surface area contributed by atoms with Crippen molar-refractivity contribution < 1.29 is 0 Å². The van der Waals surface area contributed by atoms with Crippen LogP contribution in [-0.4, -0.2) is 6.04 Å². The second-order valence-corrected chi connectivity index (χ2v) is 2.24. The zero-order chi connectivity index (χ0) is 7.28. The highest BCUT2D eigenvalue weighted by Gasteiger charge is 2.09. The van der Waals surface area contributed by atoms with Gasteiger partial charge in [-0.25, -0.2) is 6.57 Å². The van der Waals surface area contributed by atoms with Gasteiger partial charge in [0.2, 0.25) is 6.04 Å². The minimum absolute atomic E-state index is 0.000324. The summed E-state index contributed by atoms with van der Waals surface area (Å²) in [6.07, 6.45) is 0.694. The van der Waals surface area contributed by atoms with Gasteiger partial charge in [0.1, 0.15) is 0 Å². The Morgan fingerprint density at radius 3 is 2.56 bits per heavy atom. The third-order valence-corrected chi connectivity index (χ3v) is 1.14. The molecule has 48 valence electrons. The first kappa shape index (κ1) is 7.98. The molecule has 0 spiro atoms. The first-order valence-electron chi connectivity index (χ1n) is 2.97. The van der Waals surface area contributed by atoms with Crippen molar-refractivity contribution in [3.63, 3.8) is 0 Å². The van der Waals surface area contributed by atoms with Gasteiger partial charge in [-0.3, -0.25) is 0 Å². The van der Waals surface area contributed by atoms with E-state index in [4.69, 9.17) is 11.8 Å². The third-order valence-electron chi connectivity index (χ3n) is 1.14. The fourth-order valence-corrected chi connectivity index (χ4v) is 0.617. The average molecular weight is 122 g/mol. The van der Waals surface area contributed by atoms with Crippen LogP contribution in [0.5, 0.6) is 0 Å². The van der Waals surface area contributed by atoms with E-state index in [2.05, 4.69) is 10.9 Å².